The molecular weight excluding hydrogens is 374 g/mol. The van der Waals surface area contributed by atoms with Gasteiger partial charge in [0.05, 0.1) is 25.5 Å². The van der Waals surface area contributed by atoms with Crippen LogP contribution in [0.15, 0.2) is 35.4 Å². The Morgan fingerprint density at radius 2 is 2.15 bits per heavy atom. The number of rotatable bonds is 4. The summed E-state index contributed by atoms with van der Waals surface area (Å²) < 4.78 is 44.5. The minimum absolute atomic E-state index is 0.180. The van der Waals surface area contributed by atoms with E-state index in [-0.39, 0.29) is 19.5 Å². The van der Waals surface area contributed by atoms with Crippen LogP contribution in [0.25, 0.3) is 22.4 Å². The molecule has 6 nitrogen and oxygen atoms in total. The fourth-order valence-electron chi connectivity index (χ4n) is 3.25. The van der Waals surface area contributed by atoms with Crippen LogP contribution in [0.4, 0.5) is 14.5 Å². The maximum atomic E-state index is 13.7. The van der Waals surface area contributed by atoms with Crippen LogP contribution in [0.5, 0.6) is 5.88 Å². The van der Waals surface area contributed by atoms with Gasteiger partial charge in [0.1, 0.15) is 5.52 Å². The van der Waals surface area contributed by atoms with Gasteiger partial charge in [-0.15, -0.1) is 0 Å². The van der Waals surface area contributed by atoms with E-state index in [1.807, 2.05) is 0 Å². The second-order valence-corrected chi connectivity index (χ2v) is 7.87. The molecule has 1 aliphatic rings. The number of methoxy groups -OCH3 is 1. The number of aromatic nitrogens is 3. The molecule has 142 valence electrons. The standard InChI is InChI=1S/C18H18F2N4O2S/c1-26-16-9-21-14-8-13(22-17(14)23-16)12-7-11(27(2)25)3-4-15(12)24-6-5-18(19,20)10-24/h3-4,7-9H,5-6,10H2,1-2H3,(H,22,23)/t27-/m1/s1. The molecule has 0 amide bonds. The number of hydrogen-bond acceptors (Lipinski definition) is 5. The number of fused-ring (bicyclic) bond motifs is 1. The van der Waals surface area contributed by atoms with Gasteiger partial charge in [-0.1, -0.05) is 0 Å². The third-order valence-electron chi connectivity index (χ3n) is 4.62. The van der Waals surface area contributed by atoms with Crippen molar-refractivity contribution in [3.63, 3.8) is 0 Å². The second-order valence-electron chi connectivity index (χ2n) is 6.49. The molecule has 1 aliphatic heterocycles. The van der Waals surface area contributed by atoms with E-state index in [1.165, 1.54) is 13.3 Å². The predicted octanol–water partition coefficient (Wildman–Crippen LogP) is 3.22. The lowest BCUT2D eigenvalue weighted by atomic mass is 10.1. The molecular formula is C18H18F2N4O2S. The summed E-state index contributed by atoms with van der Waals surface area (Å²) in [6.45, 7) is -0.0712. The first-order valence-corrected chi connectivity index (χ1v) is 9.92. The van der Waals surface area contributed by atoms with Gasteiger partial charge in [-0.2, -0.15) is 4.98 Å². The van der Waals surface area contributed by atoms with Gasteiger partial charge in [0.25, 0.3) is 5.92 Å². The van der Waals surface area contributed by atoms with Crippen LogP contribution < -0.4 is 9.64 Å². The zero-order valence-corrected chi connectivity index (χ0v) is 15.6. The van der Waals surface area contributed by atoms with E-state index in [0.29, 0.717) is 38.9 Å². The maximum absolute atomic E-state index is 13.7. The molecule has 0 bridgehead atoms. The van der Waals surface area contributed by atoms with Crippen molar-refractivity contribution >= 4 is 27.7 Å². The molecule has 2 aromatic heterocycles. The Morgan fingerprint density at radius 3 is 2.81 bits per heavy atom. The lowest BCUT2D eigenvalue weighted by molar-refractivity contribution is 0.0257. The van der Waals surface area contributed by atoms with Crippen LogP contribution >= 0.6 is 0 Å². The van der Waals surface area contributed by atoms with Gasteiger partial charge < -0.3 is 14.6 Å². The molecule has 27 heavy (non-hydrogen) atoms. The molecule has 3 aromatic rings. The Morgan fingerprint density at radius 1 is 1.33 bits per heavy atom. The molecule has 0 spiro atoms. The number of nitrogens with one attached hydrogen (secondary N) is 1. The number of aromatic amines is 1. The van der Waals surface area contributed by atoms with Crippen molar-refractivity contribution in [3.05, 3.63) is 30.5 Å². The number of benzene rings is 1. The van der Waals surface area contributed by atoms with Gasteiger partial charge in [0, 0.05) is 46.2 Å². The number of alkyl halides is 2. The summed E-state index contributed by atoms with van der Waals surface area (Å²) in [6.07, 6.45) is 2.92. The predicted molar refractivity (Wildman–Crippen MR) is 100.0 cm³/mol. The number of H-pyrrole nitrogens is 1. The highest BCUT2D eigenvalue weighted by atomic mass is 32.2. The Kier molecular flexibility index (Phi) is 4.33. The average molecular weight is 392 g/mol. The molecule has 4 rings (SSSR count). The smallest absolute Gasteiger partial charge is 0.266 e. The fourth-order valence-corrected chi connectivity index (χ4v) is 3.79. The first kappa shape index (κ1) is 17.8. The van der Waals surface area contributed by atoms with Crippen LogP contribution in [-0.2, 0) is 10.8 Å². The Balaban J connectivity index is 1.84. The third-order valence-corrected chi connectivity index (χ3v) is 5.54. The summed E-state index contributed by atoms with van der Waals surface area (Å²) in [5.74, 6) is -2.33. The van der Waals surface area contributed by atoms with E-state index >= 15 is 0 Å². The monoisotopic (exact) mass is 392 g/mol. The first-order valence-electron chi connectivity index (χ1n) is 8.37. The largest absolute Gasteiger partial charge is 0.480 e. The van der Waals surface area contributed by atoms with E-state index in [1.54, 1.807) is 35.4 Å². The van der Waals surface area contributed by atoms with Gasteiger partial charge in [-0.05, 0) is 24.3 Å². The zero-order valence-electron chi connectivity index (χ0n) is 14.8. The summed E-state index contributed by atoms with van der Waals surface area (Å²) >= 11 is 0. The van der Waals surface area contributed by atoms with Crippen molar-refractivity contribution < 1.29 is 17.7 Å². The number of halogens is 2. The third kappa shape index (κ3) is 3.39. The van der Waals surface area contributed by atoms with E-state index in [0.717, 1.165) is 0 Å². The highest BCUT2D eigenvalue weighted by molar-refractivity contribution is 7.84. The maximum Gasteiger partial charge on any atom is 0.266 e. The van der Waals surface area contributed by atoms with Crippen LogP contribution in [0.2, 0.25) is 0 Å². The van der Waals surface area contributed by atoms with E-state index < -0.39 is 16.7 Å². The minimum atomic E-state index is -2.71. The Hall–Kier alpha value is -2.55. The SMILES string of the molecule is COc1cnc2cc(-c3cc([S@@](C)=O)ccc3N3CCC(F)(F)C3)[nH]c2n1. The van der Waals surface area contributed by atoms with Crippen molar-refractivity contribution in [2.75, 3.05) is 31.4 Å². The number of nitrogens with zero attached hydrogens (tertiary/aromatic N) is 3. The van der Waals surface area contributed by atoms with Crippen molar-refractivity contribution in [3.8, 4) is 17.1 Å². The van der Waals surface area contributed by atoms with Gasteiger partial charge in [-0.25, -0.2) is 13.8 Å². The molecule has 0 saturated carbocycles. The molecule has 9 heteroatoms. The fraction of sp³-hybridized carbons (Fsp3) is 0.333. The van der Waals surface area contributed by atoms with Gasteiger partial charge in [0.15, 0.2) is 5.65 Å². The normalized spacial score (nSPS) is 17.4. The van der Waals surface area contributed by atoms with Crippen molar-refractivity contribution in [1.82, 2.24) is 15.0 Å². The molecule has 3 heterocycles. The second kappa shape index (κ2) is 6.56. The molecule has 0 radical (unpaired) electrons. The average Bonchev–Trinajstić information content (AvgIpc) is 3.23. The van der Waals surface area contributed by atoms with Gasteiger partial charge in [-0.3, -0.25) is 4.21 Å². The highest BCUT2D eigenvalue weighted by Crippen LogP contribution is 2.38. The van der Waals surface area contributed by atoms with Gasteiger partial charge in [0.2, 0.25) is 5.88 Å². The summed E-state index contributed by atoms with van der Waals surface area (Å²) in [7, 11) is 0.313. The van der Waals surface area contributed by atoms with Crippen molar-refractivity contribution in [2.45, 2.75) is 17.2 Å². The lowest BCUT2D eigenvalue weighted by Gasteiger charge is -2.22. The molecule has 0 aliphatic carbocycles. The van der Waals surface area contributed by atoms with Crippen molar-refractivity contribution in [2.24, 2.45) is 0 Å². The molecule has 1 aromatic carbocycles. The number of hydrogen-bond donors (Lipinski definition) is 1. The van der Waals surface area contributed by atoms with E-state index in [9.17, 15) is 13.0 Å². The number of ether oxygens (including phenoxy) is 1. The van der Waals surface area contributed by atoms with Crippen LogP contribution in [0.3, 0.4) is 0 Å². The zero-order chi connectivity index (χ0) is 19.2. The highest BCUT2D eigenvalue weighted by Gasteiger charge is 2.39. The molecule has 1 fully saturated rings. The first-order chi connectivity index (χ1) is 12.9. The lowest BCUT2D eigenvalue weighted by Crippen LogP contribution is -2.25. The molecule has 1 atom stereocenters. The number of anilines is 1. The molecule has 1 N–H and O–H groups in total. The Labute approximate surface area is 157 Å². The molecule has 1 saturated heterocycles. The Bertz CT molecular complexity index is 1040. The summed E-state index contributed by atoms with van der Waals surface area (Å²) in [5.41, 5.74) is 3.20. The quantitative estimate of drug-likeness (QED) is 0.738. The van der Waals surface area contributed by atoms with E-state index in [4.69, 9.17) is 4.74 Å². The van der Waals surface area contributed by atoms with Gasteiger partial charge >= 0.3 is 0 Å². The van der Waals surface area contributed by atoms with Crippen LogP contribution in [0, 0.1) is 0 Å². The minimum Gasteiger partial charge on any atom is -0.480 e. The van der Waals surface area contributed by atoms with Crippen LogP contribution in [-0.4, -0.2) is 51.5 Å². The van der Waals surface area contributed by atoms with Crippen LogP contribution in [0.1, 0.15) is 6.42 Å². The van der Waals surface area contributed by atoms with E-state index in [2.05, 4.69) is 15.0 Å². The summed E-state index contributed by atoms with van der Waals surface area (Å²) in [4.78, 5) is 14.1. The summed E-state index contributed by atoms with van der Waals surface area (Å²) in [5, 5.41) is 0. The molecule has 0 unspecified atom stereocenters. The van der Waals surface area contributed by atoms with Crippen molar-refractivity contribution in [1.29, 1.82) is 0 Å². The summed E-state index contributed by atoms with van der Waals surface area (Å²) in [6, 6.07) is 7.04. The topological polar surface area (TPSA) is 71.1 Å².